The molecule has 1 fully saturated rings. The fourth-order valence-electron chi connectivity index (χ4n) is 5.10. The molecule has 1 aromatic heterocycles. The van der Waals surface area contributed by atoms with Gasteiger partial charge in [0.05, 0.1) is 24.5 Å². The van der Waals surface area contributed by atoms with Crippen LogP contribution in [-0.2, 0) is 32.2 Å². The number of benzene rings is 3. The van der Waals surface area contributed by atoms with Crippen molar-refractivity contribution >= 4 is 23.6 Å². The Labute approximate surface area is 276 Å². The highest BCUT2D eigenvalue weighted by Crippen LogP contribution is 2.39. The second-order valence-corrected chi connectivity index (χ2v) is 12.2. The molecular weight excluding hydrogens is 624 g/mol. The molecular formula is C33H38N6O7S. The summed E-state index contributed by atoms with van der Waals surface area (Å²) in [5.74, 6) is 0.229. The van der Waals surface area contributed by atoms with Crippen LogP contribution in [0.15, 0.2) is 78.0 Å². The molecule has 5 N–H and O–H groups in total. The zero-order chi connectivity index (χ0) is 33.0. The van der Waals surface area contributed by atoms with Crippen molar-refractivity contribution in [2.24, 2.45) is 0 Å². The first-order valence-corrected chi connectivity index (χ1v) is 16.4. The fraction of sp³-hybridized carbons (Fsp3) is 0.364. The van der Waals surface area contributed by atoms with Crippen molar-refractivity contribution in [2.75, 3.05) is 5.75 Å². The van der Waals surface area contributed by atoms with Gasteiger partial charge in [0.15, 0.2) is 6.29 Å². The number of aromatic hydroxyl groups is 1. The van der Waals surface area contributed by atoms with Crippen LogP contribution < -0.4 is 10.8 Å². The lowest BCUT2D eigenvalue weighted by Gasteiger charge is -2.36. The summed E-state index contributed by atoms with van der Waals surface area (Å²) >= 11 is 1.46. The average Bonchev–Trinajstić information content (AvgIpc) is 3.58. The summed E-state index contributed by atoms with van der Waals surface area (Å²) < 4.78 is 14.5. The standard InChI is InChI=1S/C33H38N6O7S/c40-20-23-8-10-24(11-9-23)29-18-28(21-47-33-35-37-38-39(33)26-14-16-27(41)17-15-26)45-32(46-29)25-12-6-22(7-13-25)19-34-30(42)4-2-1-3-5-31(43)36-44/h6-17,28-29,32,40-41,44H,1-5,18-21H2,(H,34,42)(H,36,43)/t28-,29+,32+/m1/s1. The van der Waals surface area contributed by atoms with E-state index < -0.39 is 12.2 Å². The number of hydrogen-bond donors (Lipinski definition) is 5. The van der Waals surface area contributed by atoms with Gasteiger partial charge >= 0.3 is 0 Å². The van der Waals surface area contributed by atoms with Gasteiger partial charge in [-0.25, -0.2) is 5.48 Å². The van der Waals surface area contributed by atoms with Gasteiger partial charge in [-0.05, 0) is 64.2 Å². The van der Waals surface area contributed by atoms with Crippen LogP contribution in [0.5, 0.6) is 5.75 Å². The first kappa shape index (κ1) is 34.0. The topological polar surface area (TPSA) is 181 Å². The van der Waals surface area contributed by atoms with Gasteiger partial charge in [0, 0.05) is 37.1 Å². The van der Waals surface area contributed by atoms with Crippen LogP contribution in [0, 0.1) is 0 Å². The van der Waals surface area contributed by atoms with Crippen LogP contribution >= 0.6 is 11.8 Å². The van der Waals surface area contributed by atoms with E-state index in [9.17, 15) is 19.8 Å². The number of aliphatic hydroxyl groups is 1. The molecule has 14 heteroatoms. The number of phenolic OH excluding ortho intramolecular Hbond substituents is 1. The lowest BCUT2D eigenvalue weighted by atomic mass is 10.0. The number of ether oxygens (including phenoxy) is 2. The van der Waals surface area contributed by atoms with Crippen LogP contribution in [0.4, 0.5) is 0 Å². The van der Waals surface area contributed by atoms with Gasteiger partial charge < -0.3 is 25.0 Å². The van der Waals surface area contributed by atoms with Crippen molar-refractivity contribution in [2.45, 2.75) is 75.3 Å². The summed E-state index contributed by atoms with van der Waals surface area (Å²) in [7, 11) is 0. The number of unbranched alkanes of at least 4 members (excludes halogenated alkanes) is 2. The summed E-state index contributed by atoms with van der Waals surface area (Å²) in [6.07, 6.45) is 2.09. The van der Waals surface area contributed by atoms with E-state index in [1.807, 2.05) is 48.5 Å². The molecule has 0 unspecified atom stereocenters. The molecule has 3 aromatic carbocycles. The predicted molar refractivity (Wildman–Crippen MR) is 171 cm³/mol. The number of nitrogens with zero attached hydrogens (tertiary/aromatic N) is 4. The minimum Gasteiger partial charge on any atom is -0.508 e. The van der Waals surface area contributed by atoms with E-state index >= 15 is 0 Å². The first-order chi connectivity index (χ1) is 22.9. The lowest BCUT2D eigenvalue weighted by molar-refractivity contribution is -0.245. The molecule has 2 heterocycles. The molecule has 5 rings (SSSR count). The van der Waals surface area contributed by atoms with Crippen molar-refractivity contribution in [3.05, 3.63) is 95.1 Å². The maximum Gasteiger partial charge on any atom is 0.243 e. The number of tetrazole rings is 1. The zero-order valence-electron chi connectivity index (χ0n) is 25.7. The maximum atomic E-state index is 12.3. The number of aromatic nitrogens is 4. The highest BCUT2D eigenvalue weighted by molar-refractivity contribution is 7.99. The Morgan fingerprint density at radius 3 is 2.26 bits per heavy atom. The SMILES string of the molecule is O=C(CCCCCC(=O)NCc1ccc([C@H]2O[C@@H](CSc3nnnn3-c3ccc(O)cc3)C[C@@H](c3ccc(CO)cc3)O2)cc1)NO. The number of phenols is 1. The Morgan fingerprint density at radius 1 is 0.872 bits per heavy atom. The van der Waals surface area contributed by atoms with E-state index in [2.05, 4.69) is 20.8 Å². The molecule has 0 aliphatic carbocycles. The Bertz CT molecular complexity index is 1580. The van der Waals surface area contributed by atoms with Gasteiger partial charge in [-0.3, -0.25) is 14.8 Å². The number of carbonyl (C=O) groups excluding carboxylic acids is 2. The summed E-state index contributed by atoms with van der Waals surface area (Å²) in [5, 5.41) is 43.3. The number of amides is 2. The van der Waals surface area contributed by atoms with Crippen LogP contribution in [0.3, 0.4) is 0 Å². The van der Waals surface area contributed by atoms with Crippen molar-refractivity contribution in [1.29, 1.82) is 0 Å². The Hall–Kier alpha value is -4.34. The largest absolute Gasteiger partial charge is 0.508 e. The highest BCUT2D eigenvalue weighted by Gasteiger charge is 2.32. The third-order valence-corrected chi connectivity index (χ3v) is 8.77. The first-order valence-electron chi connectivity index (χ1n) is 15.4. The number of nitrogens with one attached hydrogen (secondary N) is 2. The molecule has 47 heavy (non-hydrogen) atoms. The van der Waals surface area contributed by atoms with E-state index in [0.717, 1.165) is 34.4 Å². The quantitative estimate of drug-likeness (QED) is 0.0531. The van der Waals surface area contributed by atoms with Crippen LogP contribution in [-0.4, -0.2) is 59.3 Å². The summed E-state index contributed by atoms with van der Waals surface area (Å²) in [4.78, 5) is 23.4. The number of aliphatic hydroxyl groups excluding tert-OH is 1. The number of carbonyl (C=O) groups is 2. The van der Waals surface area contributed by atoms with Crippen LogP contribution in [0.25, 0.3) is 5.69 Å². The molecule has 2 amide bonds. The van der Waals surface area contributed by atoms with Crippen molar-refractivity contribution in [1.82, 2.24) is 31.0 Å². The van der Waals surface area contributed by atoms with Gasteiger partial charge in [-0.1, -0.05) is 66.7 Å². The average molecular weight is 663 g/mol. The van der Waals surface area contributed by atoms with Crippen molar-refractivity contribution in [3.8, 4) is 11.4 Å². The van der Waals surface area contributed by atoms with Crippen molar-refractivity contribution < 1.29 is 34.5 Å². The molecule has 0 spiro atoms. The van der Waals surface area contributed by atoms with E-state index in [0.29, 0.717) is 43.1 Å². The summed E-state index contributed by atoms with van der Waals surface area (Å²) in [6.45, 7) is 0.345. The van der Waals surface area contributed by atoms with Gasteiger partial charge in [0.2, 0.25) is 17.0 Å². The van der Waals surface area contributed by atoms with E-state index in [1.54, 1.807) is 34.4 Å². The summed E-state index contributed by atoms with van der Waals surface area (Å²) in [6, 6.07) is 22.1. The van der Waals surface area contributed by atoms with E-state index in [4.69, 9.17) is 14.7 Å². The maximum absolute atomic E-state index is 12.3. The normalized spacial score (nSPS) is 17.7. The molecule has 0 saturated carbocycles. The number of rotatable bonds is 15. The second-order valence-electron chi connectivity index (χ2n) is 11.2. The van der Waals surface area contributed by atoms with Crippen molar-refractivity contribution in [3.63, 3.8) is 0 Å². The van der Waals surface area contributed by atoms with E-state index in [1.165, 1.54) is 11.8 Å². The molecule has 1 aliphatic rings. The molecule has 0 bridgehead atoms. The lowest BCUT2D eigenvalue weighted by Crippen LogP contribution is -2.31. The number of hydrogen-bond acceptors (Lipinski definition) is 11. The molecule has 4 aromatic rings. The predicted octanol–water partition coefficient (Wildman–Crippen LogP) is 4.27. The molecule has 1 saturated heterocycles. The summed E-state index contributed by atoms with van der Waals surface area (Å²) in [5.41, 5.74) is 5.91. The molecule has 0 radical (unpaired) electrons. The number of hydroxylamine groups is 1. The zero-order valence-corrected chi connectivity index (χ0v) is 26.5. The third-order valence-electron chi connectivity index (χ3n) is 7.72. The fourth-order valence-corrected chi connectivity index (χ4v) is 6.01. The Kier molecular flexibility index (Phi) is 12.3. The van der Waals surface area contributed by atoms with Crippen LogP contribution in [0.2, 0.25) is 0 Å². The molecule has 248 valence electrons. The van der Waals surface area contributed by atoms with Gasteiger partial charge in [0.1, 0.15) is 5.75 Å². The molecule has 1 aliphatic heterocycles. The van der Waals surface area contributed by atoms with Gasteiger partial charge in [-0.15, -0.1) is 5.10 Å². The third kappa shape index (κ3) is 9.83. The highest BCUT2D eigenvalue weighted by atomic mass is 32.2. The van der Waals surface area contributed by atoms with Gasteiger partial charge in [0.25, 0.3) is 0 Å². The van der Waals surface area contributed by atoms with Crippen LogP contribution in [0.1, 0.15) is 73.2 Å². The molecule has 3 atom stereocenters. The minimum atomic E-state index is -0.637. The van der Waals surface area contributed by atoms with Gasteiger partial charge in [-0.2, -0.15) is 4.68 Å². The Balaban J connectivity index is 1.20. The Morgan fingerprint density at radius 2 is 1.55 bits per heavy atom. The molecule has 13 nitrogen and oxygen atoms in total. The number of thioether (sulfide) groups is 1. The minimum absolute atomic E-state index is 0.0368. The monoisotopic (exact) mass is 662 g/mol. The van der Waals surface area contributed by atoms with E-state index in [-0.39, 0.29) is 36.9 Å². The smallest absolute Gasteiger partial charge is 0.243 e. The second kappa shape index (κ2) is 17.0.